The number of esters is 1. The highest BCUT2D eigenvalue weighted by Crippen LogP contribution is 2.69. The summed E-state index contributed by atoms with van der Waals surface area (Å²) in [5, 5.41) is 30.2. The van der Waals surface area contributed by atoms with Gasteiger partial charge >= 0.3 is 11.9 Å². The van der Waals surface area contributed by atoms with Crippen molar-refractivity contribution in [2.75, 3.05) is 0 Å². The predicted molar refractivity (Wildman–Crippen MR) is 162 cm³/mol. The molecule has 10 atom stereocenters. The lowest BCUT2D eigenvalue weighted by molar-refractivity contribution is -0.204. The van der Waals surface area contributed by atoms with Crippen molar-refractivity contribution < 1.29 is 24.5 Å². The maximum absolute atomic E-state index is 12.5. The monoisotopic (exact) mass is 591 g/mol. The first-order valence-electron chi connectivity index (χ1n) is 16.5. The number of rotatable bonds is 8. The van der Waals surface area contributed by atoms with Crippen LogP contribution in [0.4, 0.5) is 0 Å². The van der Waals surface area contributed by atoms with Crippen LogP contribution in [0.3, 0.4) is 0 Å². The van der Waals surface area contributed by atoms with Gasteiger partial charge in [0.1, 0.15) is 17.4 Å². The number of carboxylic acids is 1. The molecule has 1 aromatic carbocycles. The van der Waals surface area contributed by atoms with Gasteiger partial charge in [-0.15, -0.1) is 5.10 Å². The van der Waals surface area contributed by atoms with Gasteiger partial charge in [0.25, 0.3) is 0 Å². The zero-order valence-corrected chi connectivity index (χ0v) is 26.2. The Morgan fingerprint density at radius 3 is 2.53 bits per heavy atom. The molecule has 0 saturated heterocycles. The Kier molecular flexibility index (Phi) is 7.97. The van der Waals surface area contributed by atoms with Gasteiger partial charge in [0.2, 0.25) is 0 Å². The number of benzene rings is 1. The number of carbonyl (C=O) groups excluding carboxylic acids is 1. The van der Waals surface area contributed by atoms with E-state index in [1.165, 1.54) is 6.92 Å². The van der Waals surface area contributed by atoms with Crippen molar-refractivity contribution in [3.8, 4) is 0 Å². The second kappa shape index (κ2) is 11.3. The first-order chi connectivity index (χ1) is 20.4. The van der Waals surface area contributed by atoms with Crippen molar-refractivity contribution in [1.29, 1.82) is 0 Å². The number of carbonyl (C=O) groups is 2. The Morgan fingerprint density at radius 2 is 1.81 bits per heavy atom. The lowest BCUT2D eigenvalue weighted by Gasteiger charge is -2.63. The lowest BCUT2D eigenvalue weighted by Crippen LogP contribution is -2.60. The number of aliphatic carboxylic acids is 1. The van der Waals surface area contributed by atoms with Crippen LogP contribution >= 0.6 is 0 Å². The number of nitrogens with zero attached hydrogens (tertiary/aromatic N) is 3. The fourth-order valence-corrected chi connectivity index (χ4v) is 10.6. The maximum atomic E-state index is 12.5. The van der Waals surface area contributed by atoms with Crippen LogP contribution in [0.1, 0.15) is 103 Å². The molecule has 0 bridgehead atoms. The van der Waals surface area contributed by atoms with Gasteiger partial charge in [-0.25, -0.2) is 4.68 Å². The maximum Gasteiger partial charge on any atom is 0.303 e. The van der Waals surface area contributed by atoms with Gasteiger partial charge in [-0.2, -0.15) is 0 Å². The molecule has 8 nitrogen and oxygen atoms in total. The van der Waals surface area contributed by atoms with Crippen LogP contribution in [0.15, 0.2) is 36.5 Å². The van der Waals surface area contributed by atoms with E-state index in [4.69, 9.17) is 4.74 Å². The highest BCUT2D eigenvalue weighted by Gasteiger charge is 2.65. The number of aromatic nitrogens is 3. The standard InChI is InChI=1S/C35H49N3O5/c1-22(10-13-31(40)41)26-11-12-27-32-28(14-15-34(26,27)4)33(3)16-17-35(42,19-25(33)18-29(32)43-23(2)39)30-21-38(37-36-30)20-24-8-6-5-7-9-24/h5-9,21-22,25-29,32,42H,10-20H2,1-4H3,(H,40,41)/t22-,25-,26-,27+,28+,29-,32+,33+,34-,35-/m1/s1. The minimum absolute atomic E-state index is 0.0575. The molecular weight excluding hydrogens is 542 g/mol. The van der Waals surface area contributed by atoms with Gasteiger partial charge in [-0.3, -0.25) is 9.59 Å². The van der Waals surface area contributed by atoms with Gasteiger partial charge in [-0.05, 0) is 104 Å². The van der Waals surface area contributed by atoms with Crippen LogP contribution < -0.4 is 0 Å². The highest BCUT2D eigenvalue weighted by atomic mass is 16.5. The first kappa shape index (κ1) is 30.3. The Labute approximate surface area is 255 Å². The van der Waals surface area contributed by atoms with E-state index in [0.29, 0.717) is 54.7 Å². The molecule has 8 heteroatoms. The third kappa shape index (κ3) is 5.42. The van der Waals surface area contributed by atoms with Gasteiger partial charge in [0.15, 0.2) is 0 Å². The van der Waals surface area contributed by atoms with E-state index in [2.05, 4.69) is 43.2 Å². The first-order valence-corrected chi connectivity index (χ1v) is 16.5. The average Bonchev–Trinajstić information content (AvgIpc) is 3.57. The number of aliphatic hydroxyl groups is 1. The molecule has 1 heterocycles. The van der Waals surface area contributed by atoms with E-state index in [9.17, 15) is 19.8 Å². The SMILES string of the molecule is CC(=O)O[C@@H]1C[C@@H]2C[C@@](O)(c3cn(Cc4ccccc4)nn3)CC[C@]2(C)[C@H]2CC[C@]3(C)[C@@H]([C@H](C)CCC(=O)O)CC[C@H]3[C@H]12. The fraction of sp³-hybridized carbons (Fsp3) is 0.714. The average molecular weight is 592 g/mol. The summed E-state index contributed by atoms with van der Waals surface area (Å²) in [6.45, 7) is 9.27. The van der Waals surface area contributed by atoms with E-state index in [0.717, 1.165) is 50.5 Å². The van der Waals surface area contributed by atoms with E-state index in [-0.39, 0.29) is 35.2 Å². The van der Waals surface area contributed by atoms with Crippen LogP contribution in [0.5, 0.6) is 0 Å². The van der Waals surface area contributed by atoms with Crippen molar-refractivity contribution in [3.63, 3.8) is 0 Å². The minimum Gasteiger partial charge on any atom is -0.481 e. The molecule has 4 aliphatic rings. The Hall–Kier alpha value is -2.74. The molecule has 0 amide bonds. The van der Waals surface area contributed by atoms with Crippen LogP contribution in [-0.4, -0.2) is 43.2 Å². The Balaban J connectivity index is 1.23. The lowest BCUT2D eigenvalue weighted by atomic mass is 9.43. The van der Waals surface area contributed by atoms with Crippen LogP contribution in [0.2, 0.25) is 0 Å². The van der Waals surface area contributed by atoms with Gasteiger partial charge < -0.3 is 14.9 Å². The zero-order valence-electron chi connectivity index (χ0n) is 26.2. The summed E-state index contributed by atoms with van der Waals surface area (Å²) in [7, 11) is 0. The Morgan fingerprint density at radius 1 is 1.07 bits per heavy atom. The van der Waals surface area contributed by atoms with Crippen molar-refractivity contribution >= 4 is 11.9 Å². The third-order valence-electron chi connectivity index (χ3n) is 12.8. The van der Waals surface area contributed by atoms with Crippen molar-refractivity contribution in [1.82, 2.24) is 15.0 Å². The molecule has 2 aromatic rings. The number of ether oxygens (including phenoxy) is 1. The molecule has 0 unspecified atom stereocenters. The summed E-state index contributed by atoms with van der Waals surface area (Å²) in [5.41, 5.74) is 0.921. The number of fused-ring (bicyclic) bond motifs is 5. The second-order valence-corrected chi connectivity index (χ2v) is 15.0. The van der Waals surface area contributed by atoms with E-state index >= 15 is 0 Å². The summed E-state index contributed by atoms with van der Waals surface area (Å²) >= 11 is 0. The van der Waals surface area contributed by atoms with Crippen molar-refractivity contribution in [2.45, 2.75) is 110 Å². The van der Waals surface area contributed by atoms with Crippen LogP contribution in [0, 0.1) is 46.3 Å². The predicted octanol–water partition coefficient (Wildman–Crippen LogP) is 6.22. The van der Waals surface area contributed by atoms with Crippen molar-refractivity contribution in [3.05, 3.63) is 47.8 Å². The largest absolute Gasteiger partial charge is 0.481 e. The summed E-state index contributed by atoms with van der Waals surface area (Å²) < 4.78 is 8.01. The zero-order chi connectivity index (χ0) is 30.6. The molecular formula is C35H49N3O5. The molecule has 4 aliphatic carbocycles. The van der Waals surface area contributed by atoms with Gasteiger partial charge in [0.05, 0.1) is 12.7 Å². The van der Waals surface area contributed by atoms with Crippen LogP contribution in [0.25, 0.3) is 0 Å². The quantitative estimate of drug-likeness (QED) is 0.351. The van der Waals surface area contributed by atoms with Gasteiger partial charge in [-0.1, -0.05) is 56.3 Å². The topological polar surface area (TPSA) is 115 Å². The summed E-state index contributed by atoms with van der Waals surface area (Å²) in [6.07, 6.45) is 10.1. The van der Waals surface area contributed by atoms with E-state index < -0.39 is 11.6 Å². The smallest absolute Gasteiger partial charge is 0.303 e. The molecule has 2 N–H and O–H groups in total. The summed E-state index contributed by atoms with van der Waals surface area (Å²) in [4.78, 5) is 23.8. The number of hydrogen-bond acceptors (Lipinski definition) is 6. The molecule has 234 valence electrons. The molecule has 0 radical (unpaired) electrons. The molecule has 43 heavy (non-hydrogen) atoms. The molecule has 1 aromatic heterocycles. The van der Waals surface area contributed by atoms with E-state index in [1.807, 2.05) is 29.1 Å². The van der Waals surface area contributed by atoms with Crippen LogP contribution in [-0.2, 0) is 26.5 Å². The van der Waals surface area contributed by atoms with E-state index in [1.54, 1.807) is 0 Å². The molecule has 0 aliphatic heterocycles. The fourth-order valence-electron chi connectivity index (χ4n) is 10.6. The molecule has 0 spiro atoms. The third-order valence-corrected chi connectivity index (χ3v) is 12.8. The summed E-state index contributed by atoms with van der Waals surface area (Å²) in [6, 6.07) is 10.1. The molecule has 4 saturated carbocycles. The summed E-state index contributed by atoms with van der Waals surface area (Å²) in [5.74, 6) is 1.33. The molecule has 6 rings (SSSR count). The number of carboxylic acid groups (broad SMARTS) is 1. The van der Waals surface area contributed by atoms with Crippen molar-refractivity contribution in [2.24, 2.45) is 46.3 Å². The minimum atomic E-state index is -1.05. The Bertz CT molecular complexity index is 1330. The molecule has 4 fully saturated rings. The number of hydrogen-bond donors (Lipinski definition) is 2. The second-order valence-electron chi connectivity index (χ2n) is 15.0. The normalized spacial score (nSPS) is 39.3. The van der Waals surface area contributed by atoms with Gasteiger partial charge in [0, 0.05) is 19.3 Å². The highest BCUT2D eigenvalue weighted by molar-refractivity contribution is 5.66.